The normalized spacial score (nSPS) is 12.2. The van der Waals surface area contributed by atoms with Crippen LogP contribution < -0.4 is 10.1 Å². The third-order valence-corrected chi connectivity index (χ3v) is 6.48. The van der Waals surface area contributed by atoms with Gasteiger partial charge in [0.25, 0.3) is 0 Å². The minimum atomic E-state index is -0.602. The standard InChI is InChI=1S/C33H34N4O3/c1-22-30-18-26(13-14-31(30)37-36-22)27-17-29(20-34-19-27)39-21-28(35-32(38)40-33(2,3)4)16-23-9-8-12-25(15-23)24-10-6-5-7-11-24/h5-15,17-20,28H,16,21H2,1-4H3,(H,35,38)(H,36,37)/t28-/m0/s1. The molecule has 0 unspecified atom stereocenters. The highest BCUT2D eigenvalue weighted by Gasteiger charge is 2.21. The van der Waals surface area contributed by atoms with E-state index in [-0.39, 0.29) is 12.6 Å². The molecule has 2 N–H and O–H groups in total. The molecular weight excluding hydrogens is 500 g/mol. The number of alkyl carbamates (subject to hydrolysis) is 1. The number of benzene rings is 3. The molecule has 0 aliphatic rings. The molecule has 0 saturated carbocycles. The van der Waals surface area contributed by atoms with Gasteiger partial charge in [-0.3, -0.25) is 10.1 Å². The number of amides is 1. The molecule has 0 fully saturated rings. The van der Waals surface area contributed by atoms with Crippen molar-refractivity contribution in [1.29, 1.82) is 0 Å². The molecule has 40 heavy (non-hydrogen) atoms. The van der Waals surface area contributed by atoms with Crippen LogP contribution in [0.3, 0.4) is 0 Å². The van der Waals surface area contributed by atoms with E-state index in [9.17, 15) is 4.79 Å². The molecule has 5 rings (SSSR count). The van der Waals surface area contributed by atoms with Crippen molar-refractivity contribution in [2.45, 2.75) is 45.8 Å². The summed E-state index contributed by atoms with van der Waals surface area (Å²) in [6, 6.07) is 26.3. The monoisotopic (exact) mass is 534 g/mol. The summed E-state index contributed by atoms with van der Waals surface area (Å²) >= 11 is 0. The molecule has 0 aliphatic carbocycles. The number of hydrogen-bond acceptors (Lipinski definition) is 5. The van der Waals surface area contributed by atoms with Crippen LogP contribution in [0.15, 0.2) is 91.3 Å². The molecule has 7 heteroatoms. The Bertz CT molecular complexity index is 1610. The van der Waals surface area contributed by atoms with Crippen LogP contribution in [-0.2, 0) is 11.2 Å². The highest BCUT2D eigenvalue weighted by atomic mass is 16.6. The summed E-state index contributed by atoms with van der Waals surface area (Å²) in [5, 5.41) is 11.4. The van der Waals surface area contributed by atoms with Gasteiger partial charge in [-0.25, -0.2) is 4.79 Å². The summed E-state index contributed by atoms with van der Waals surface area (Å²) in [6.45, 7) is 7.80. The number of rotatable bonds is 8. The lowest BCUT2D eigenvalue weighted by Gasteiger charge is -2.24. The van der Waals surface area contributed by atoms with Gasteiger partial charge in [0.2, 0.25) is 0 Å². The fraction of sp³-hybridized carbons (Fsp3) is 0.242. The zero-order valence-electron chi connectivity index (χ0n) is 23.3. The lowest BCUT2D eigenvalue weighted by Crippen LogP contribution is -2.43. The Morgan fingerprint density at radius 2 is 1.68 bits per heavy atom. The third kappa shape index (κ3) is 6.86. The molecule has 0 bridgehead atoms. The van der Waals surface area contributed by atoms with Crippen molar-refractivity contribution in [2.24, 2.45) is 0 Å². The maximum atomic E-state index is 12.7. The quantitative estimate of drug-likeness (QED) is 0.221. The Hall–Kier alpha value is -4.65. The second-order valence-electron chi connectivity index (χ2n) is 10.9. The first-order valence-corrected chi connectivity index (χ1v) is 13.4. The maximum absolute atomic E-state index is 12.7. The summed E-state index contributed by atoms with van der Waals surface area (Å²) in [7, 11) is 0. The van der Waals surface area contributed by atoms with Gasteiger partial charge >= 0.3 is 6.09 Å². The lowest BCUT2D eigenvalue weighted by molar-refractivity contribution is 0.0487. The van der Waals surface area contributed by atoms with E-state index < -0.39 is 11.7 Å². The van der Waals surface area contributed by atoms with E-state index in [1.165, 1.54) is 0 Å². The van der Waals surface area contributed by atoms with E-state index in [4.69, 9.17) is 9.47 Å². The lowest BCUT2D eigenvalue weighted by atomic mass is 9.99. The Balaban J connectivity index is 1.34. The summed E-state index contributed by atoms with van der Waals surface area (Å²) in [4.78, 5) is 17.1. The molecule has 7 nitrogen and oxygen atoms in total. The van der Waals surface area contributed by atoms with Crippen molar-refractivity contribution in [3.63, 3.8) is 0 Å². The fourth-order valence-electron chi connectivity index (χ4n) is 4.59. The van der Waals surface area contributed by atoms with Crippen LogP contribution in [0.5, 0.6) is 5.75 Å². The van der Waals surface area contributed by atoms with E-state index in [2.05, 4.69) is 56.9 Å². The van der Waals surface area contributed by atoms with Gasteiger partial charge < -0.3 is 14.8 Å². The number of H-pyrrole nitrogens is 1. The van der Waals surface area contributed by atoms with Crippen molar-refractivity contribution in [3.8, 4) is 28.0 Å². The van der Waals surface area contributed by atoms with Crippen LogP contribution in [0, 0.1) is 6.92 Å². The highest BCUT2D eigenvalue weighted by Crippen LogP contribution is 2.27. The van der Waals surface area contributed by atoms with Crippen molar-refractivity contribution in [1.82, 2.24) is 20.5 Å². The predicted octanol–water partition coefficient (Wildman–Crippen LogP) is 7.12. The van der Waals surface area contributed by atoms with Crippen molar-refractivity contribution >= 4 is 17.0 Å². The highest BCUT2D eigenvalue weighted by molar-refractivity contribution is 5.86. The van der Waals surface area contributed by atoms with Crippen LogP contribution in [-0.4, -0.2) is 39.5 Å². The van der Waals surface area contributed by atoms with Gasteiger partial charge in [-0.2, -0.15) is 5.10 Å². The van der Waals surface area contributed by atoms with E-state index in [1.807, 2.05) is 76.4 Å². The molecule has 0 spiro atoms. The van der Waals surface area contributed by atoms with Crippen molar-refractivity contribution in [2.75, 3.05) is 6.61 Å². The molecule has 2 heterocycles. The summed E-state index contributed by atoms with van der Waals surface area (Å²) in [6.07, 6.45) is 3.60. The maximum Gasteiger partial charge on any atom is 0.408 e. The van der Waals surface area contributed by atoms with Crippen LogP contribution in [0.2, 0.25) is 0 Å². The van der Waals surface area contributed by atoms with E-state index in [0.717, 1.165) is 44.4 Å². The minimum Gasteiger partial charge on any atom is -0.490 e. The largest absolute Gasteiger partial charge is 0.490 e. The molecular formula is C33H34N4O3. The van der Waals surface area contributed by atoms with Crippen LogP contribution in [0.25, 0.3) is 33.2 Å². The number of aryl methyl sites for hydroxylation is 1. The molecule has 0 radical (unpaired) electrons. The second kappa shape index (κ2) is 11.6. The van der Waals surface area contributed by atoms with Gasteiger partial charge in [0.1, 0.15) is 18.0 Å². The van der Waals surface area contributed by atoms with E-state index in [0.29, 0.717) is 12.2 Å². The van der Waals surface area contributed by atoms with Gasteiger partial charge in [0.05, 0.1) is 17.8 Å². The van der Waals surface area contributed by atoms with Gasteiger partial charge in [-0.1, -0.05) is 60.7 Å². The van der Waals surface area contributed by atoms with E-state index in [1.54, 1.807) is 6.20 Å². The van der Waals surface area contributed by atoms with Crippen LogP contribution in [0.4, 0.5) is 4.79 Å². The molecule has 1 amide bonds. The number of carbonyl (C=O) groups excluding carboxylic acids is 1. The Morgan fingerprint density at radius 1 is 0.900 bits per heavy atom. The third-order valence-electron chi connectivity index (χ3n) is 6.48. The Kier molecular flexibility index (Phi) is 7.82. The van der Waals surface area contributed by atoms with E-state index >= 15 is 0 Å². The topological polar surface area (TPSA) is 89.1 Å². The minimum absolute atomic E-state index is 0.250. The number of nitrogens with one attached hydrogen (secondary N) is 2. The summed E-state index contributed by atoms with van der Waals surface area (Å²) in [5.74, 6) is 0.621. The molecule has 5 aromatic rings. The van der Waals surface area contributed by atoms with Gasteiger partial charge in [0.15, 0.2) is 0 Å². The number of aromatic amines is 1. The molecule has 0 saturated heterocycles. The smallest absolute Gasteiger partial charge is 0.408 e. The molecule has 0 aliphatic heterocycles. The second-order valence-corrected chi connectivity index (χ2v) is 10.9. The fourth-order valence-corrected chi connectivity index (χ4v) is 4.59. The number of pyridine rings is 1. The zero-order valence-corrected chi connectivity index (χ0v) is 23.3. The average molecular weight is 535 g/mol. The molecule has 2 aromatic heterocycles. The Morgan fingerprint density at radius 3 is 2.48 bits per heavy atom. The van der Waals surface area contributed by atoms with Crippen LogP contribution in [0.1, 0.15) is 32.0 Å². The van der Waals surface area contributed by atoms with Crippen molar-refractivity contribution in [3.05, 3.63) is 103 Å². The SMILES string of the molecule is Cc1[nH]nc2ccc(-c3cncc(OC[C@H](Cc4cccc(-c5ccccc5)c4)NC(=O)OC(C)(C)C)c3)cc12. The number of hydrogen-bond donors (Lipinski definition) is 2. The number of nitrogens with zero attached hydrogens (tertiary/aromatic N) is 2. The number of carbonyl (C=O) groups is 1. The van der Waals surface area contributed by atoms with Gasteiger partial charge in [0, 0.05) is 22.8 Å². The zero-order chi connectivity index (χ0) is 28.1. The Labute approximate surface area is 234 Å². The van der Waals surface area contributed by atoms with Gasteiger partial charge in [-0.15, -0.1) is 0 Å². The molecule has 1 atom stereocenters. The average Bonchev–Trinajstić information content (AvgIpc) is 3.31. The summed E-state index contributed by atoms with van der Waals surface area (Å²) < 4.78 is 11.7. The predicted molar refractivity (Wildman–Crippen MR) is 158 cm³/mol. The number of ether oxygens (including phenoxy) is 2. The first-order chi connectivity index (χ1) is 19.2. The van der Waals surface area contributed by atoms with Gasteiger partial charge in [-0.05, 0) is 74.6 Å². The van der Waals surface area contributed by atoms with Crippen LogP contribution >= 0.6 is 0 Å². The number of fused-ring (bicyclic) bond motifs is 1. The molecule has 3 aromatic carbocycles. The first kappa shape index (κ1) is 26.9. The first-order valence-electron chi connectivity index (χ1n) is 13.4. The summed E-state index contributed by atoms with van der Waals surface area (Å²) in [5.41, 5.74) is 6.65. The molecule has 204 valence electrons. The number of aromatic nitrogens is 3. The van der Waals surface area contributed by atoms with Crippen molar-refractivity contribution < 1.29 is 14.3 Å².